The molecule has 0 fully saturated rings. The molecule has 0 spiro atoms. The number of allylic oxidation sites excluding steroid dienone is 1. The number of rotatable bonds is 6. The third-order valence-electron chi connectivity index (χ3n) is 3.22. The van der Waals surface area contributed by atoms with Crippen molar-refractivity contribution in [2.24, 2.45) is 5.16 Å². The largest absolute Gasteiger partial charge is 0.399 e. The second-order valence-corrected chi connectivity index (χ2v) is 5.49. The lowest BCUT2D eigenvalue weighted by Crippen LogP contribution is -2.15. The maximum Gasteiger partial charge on any atom is 0.106 e. The predicted octanol–water partition coefficient (Wildman–Crippen LogP) is 5.10. The summed E-state index contributed by atoms with van der Waals surface area (Å²) < 4.78 is 0. The van der Waals surface area contributed by atoms with Crippen LogP contribution in [0.5, 0.6) is 0 Å². The van der Waals surface area contributed by atoms with Crippen molar-refractivity contribution >= 4 is 28.9 Å². The first-order valence-electron chi connectivity index (χ1n) is 6.74. The normalized spacial score (nSPS) is 12.8. The van der Waals surface area contributed by atoms with Crippen molar-refractivity contribution in [3.63, 3.8) is 0 Å². The maximum atomic E-state index is 6.33. The lowest BCUT2D eigenvalue weighted by Gasteiger charge is -2.18. The summed E-state index contributed by atoms with van der Waals surface area (Å²) in [6.07, 6.45) is 6.07. The Bertz CT molecular complexity index is 672. The second-order valence-electron chi connectivity index (χ2n) is 4.65. The van der Waals surface area contributed by atoms with E-state index in [0.29, 0.717) is 16.5 Å². The first kappa shape index (κ1) is 16.5. The van der Waals surface area contributed by atoms with E-state index < -0.39 is 0 Å². The monoisotopic (exact) mass is 334 g/mol. The van der Waals surface area contributed by atoms with E-state index in [2.05, 4.69) is 16.7 Å². The molecule has 1 atom stereocenters. The molecule has 22 heavy (non-hydrogen) atoms. The molecule has 1 aromatic carbocycles. The number of oxime groups is 1. The molecule has 5 heteroatoms. The average Bonchev–Trinajstić information content (AvgIpc) is 2.52. The van der Waals surface area contributed by atoms with Crippen LogP contribution in [-0.2, 0) is 4.84 Å². The van der Waals surface area contributed by atoms with E-state index in [1.165, 1.54) is 7.11 Å². The van der Waals surface area contributed by atoms with Crippen molar-refractivity contribution < 1.29 is 4.84 Å². The minimum Gasteiger partial charge on any atom is -0.399 e. The summed E-state index contributed by atoms with van der Waals surface area (Å²) >= 11 is 12.3. The van der Waals surface area contributed by atoms with Gasteiger partial charge in [-0.05, 0) is 30.2 Å². The summed E-state index contributed by atoms with van der Waals surface area (Å²) in [6.45, 7) is 3.83. The molecule has 1 aromatic heterocycles. The van der Waals surface area contributed by atoms with Crippen LogP contribution < -0.4 is 0 Å². The minimum absolute atomic E-state index is 0.0511. The SMILES string of the molecule is C=CCC(C(=NOC)c1ccc(Cl)cc1Cl)c1cccnc1. The van der Waals surface area contributed by atoms with Gasteiger partial charge in [0.25, 0.3) is 0 Å². The molecule has 1 unspecified atom stereocenters. The van der Waals surface area contributed by atoms with Gasteiger partial charge in [0.2, 0.25) is 0 Å². The zero-order valence-corrected chi connectivity index (χ0v) is 13.7. The fourth-order valence-corrected chi connectivity index (χ4v) is 2.76. The fraction of sp³-hybridized carbons (Fsp3) is 0.176. The lowest BCUT2D eigenvalue weighted by molar-refractivity contribution is 0.212. The molecule has 0 saturated carbocycles. The summed E-state index contributed by atoms with van der Waals surface area (Å²) in [4.78, 5) is 9.21. The molecule has 2 rings (SSSR count). The fourth-order valence-electron chi connectivity index (χ4n) is 2.25. The van der Waals surface area contributed by atoms with E-state index in [-0.39, 0.29) is 5.92 Å². The molecule has 0 amide bonds. The van der Waals surface area contributed by atoms with Crippen molar-refractivity contribution in [1.29, 1.82) is 0 Å². The van der Waals surface area contributed by atoms with Gasteiger partial charge in [-0.25, -0.2) is 0 Å². The molecule has 0 aliphatic heterocycles. The van der Waals surface area contributed by atoms with Gasteiger partial charge in [-0.1, -0.05) is 46.6 Å². The van der Waals surface area contributed by atoms with Crippen LogP contribution in [0.4, 0.5) is 0 Å². The molecular weight excluding hydrogens is 319 g/mol. The summed E-state index contributed by atoms with van der Waals surface area (Å²) in [6, 6.07) is 9.20. The Morgan fingerprint density at radius 3 is 2.82 bits per heavy atom. The van der Waals surface area contributed by atoms with Gasteiger partial charge in [0.05, 0.1) is 10.7 Å². The average molecular weight is 335 g/mol. The Kier molecular flexibility index (Phi) is 5.99. The molecule has 114 valence electrons. The zero-order valence-electron chi connectivity index (χ0n) is 12.2. The van der Waals surface area contributed by atoms with E-state index in [4.69, 9.17) is 28.0 Å². The molecule has 0 aliphatic carbocycles. The van der Waals surface area contributed by atoms with E-state index in [9.17, 15) is 0 Å². The molecule has 0 bridgehead atoms. The first-order valence-corrected chi connectivity index (χ1v) is 7.50. The van der Waals surface area contributed by atoms with Crippen molar-refractivity contribution in [1.82, 2.24) is 4.98 Å². The highest BCUT2D eigenvalue weighted by atomic mass is 35.5. The molecule has 0 saturated heterocycles. The van der Waals surface area contributed by atoms with Crippen molar-refractivity contribution in [2.75, 3.05) is 7.11 Å². The van der Waals surface area contributed by atoms with E-state index in [0.717, 1.165) is 16.8 Å². The van der Waals surface area contributed by atoms with Gasteiger partial charge < -0.3 is 4.84 Å². The smallest absolute Gasteiger partial charge is 0.106 e. The lowest BCUT2D eigenvalue weighted by atomic mass is 9.88. The number of hydrogen-bond acceptors (Lipinski definition) is 3. The van der Waals surface area contributed by atoms with E-state index >= 15 is 0 Å². The number of nitrogens with zero attached hydrogens (tertiary/aromatic N) is 2. The van der Waals surface area contributed by atoms with Gasteiger partial charge in [0.15, 0.2) is 0 Å². The quantitative estimate of drug-likeness (QED) is 0.418. The first-order chi connectivity index (χ1) is 10.7. The van der Waals surface area contributed by atoms with Crippen LogP contribution in [0.25, 0.3) is 0 Å². The Morgan fingerprint density at radius 1 is 1.41 bits per heavy atom. The molecule has 1 heterocycles. The number of benzene rings is 1. The summed E-state index contributed by atoms with van der Waals surface area (Å²) in [5, 5.41) is 5.30. The Labute approximate surface area is 140 Å². The summed E-state index contributed by atoms with van der Waals surface area (Å²) in [7, 11) is 1.51. The van der Waals surface area contributed by atoms with E-state index in [1.807, 2.05) is 30.5 Å². The Morgan fingerprint density at radius 2 is 2.23 bits per heavy atom. The standard InChI is InChI=1S/C17H16Cl2N2O/c1-3-5-14(12-6-4-9-20-11-12)17(21-22-2)15-8-7-13(18)10-16(15)19/h3-4,6-11,14H,1,5H2,2H3. The Balaban J connectivity index is 2.53. The topological polar surface area (TPSA) is 34.5 Å². The Hall–Kier alpha value is -1.84. The van der Waals surface area contributed by atoms with Crippen LogP contribution in [0.15, 0.2) is 60.5 Å². The minimum atomic E-state index is -0.0511. The third kappa shape index (κ3) is 3.87. The zero-order chi connectivity index (χ0) is 15.9. The van der Waals surface area contributed by atoms with Gasteiger partial charge in [0, 0.05) is 28.9 Å². The van der Waals surface area contributed by atoms with Crippen LogP contribution in [-0.4, -0.2) is 17.8 Å². The highest BCUT2D eigenvalue weighted by Crippen LogP contribution is 2.30. The van der Waals surface area contributed by atoms with Crippen LogP contribution in [0, 0.1) is 0 Å². The molecule has 3 nitrogen and oxygen atoms in total. The van der Waals surface area contributed by atoms with Crippen molar-refractivity contribution in [3.05, 3.63) is 76.6 Å². The number of pyridine rings is 1. The second kappa shape index (κ2) is 7.97. The van der Waals surface area contributed by atoms with Gasteiger partial charge in [-0.2, -0.15) is 0 Å². The predicted molar refractivity (Wildman–Crippen MR) is 91.8 cm³/mol. The molecule has 0 aliphatic rings. The van der Waals surface area contributed by atoms with Gasteiger partial charge in [0.1, 0.15) is 7.11 Å². The van der Waals surface area contributed by atoms with Crippen molar-refractivity contribution in [2.45, 2.75) is 12.3 Å². The van der Waals surface area contributed by atoms with Gasteiger partial charge in [-0.15, -0.1) is 6.58 Å². The van der Waals surface area contributed by atoms with Crippen molar-refractivity contribution in [3.8, 4) is 0 Å². The van der Waals surface area contributed by atoms with Crippen LogP contribution in [0.3, 0.4) is 0 Å². The third-order valence-corrected chi connectivity index (χ3v) is 3.76. The maximum absolute atomic E-state index is 6.33. The van der Waals surface area contributed by atoms with E-state index in [1.54, 1.807) is 18.3 Å². The molecule has 0 radical (unpaired) electrons. The highest BCUT2D eigenvalue weighted by molar-refractivity contribution is 6.37. The molecule has 0 N–H and O–H groups in total. The van der Waals surface area contributed by atoms with Gasteiger partial charge >= 0.3 is 0 Å². The number of halogens is 2. The number of hydrogen-bond donors (Lipinski definition) is 0. The summed E-state index contributed by atoms with van der Waals surface area (Å²) in [5.74, 6) is -0.0511. The molecule has 2 aromatic rings. The summed E-state index contributed by atoms with van der Waals surface area (Å²) in [5.41, 5.74) is 2.52. The van der Waals surface area contributed by atoms with Crippen LogP contribution >= 0.6 is 23.2 Å². The van der Waals surface area contributed by atoms with Crippen LogP contribution in [0.1, 0.15) is 23.5 Å². The van der Waals surface area contributed by atoms with Gasteiger partial charge in [-0.3, -0.25) is 4.98 Å². The van der Waals surface area contributed by atoms with Crippen LogP contribution in [0.2, 0.25) is 10.0 Å². The molecular formula is C17H16Cl2N2O. The highest BCUT2D eigenvalue weighted by Gasteiger charge is 2.22. The number of aromatic nitrogens is 1.